The quantitative estimate of drug-likeness (QED) is 0.185. The number of hydrogen-bond donors (Lipinski definition) is 0. The van der Waals surface area contributed by atoms with E-state index in [0.717, 1.165) is 39.0 Å². The molecule has 0 unspecified atom stereocenters. The summed E-state index contributed by atoms with van der Waals surface area (Å²) in [5, 5.41) is 2.23. The summed E-state index contributed by atoms with van der Waals surface area (Å²) in [7, 11) is 0. The van der Waals surface area contributed by atoms with Gasteiger partial charge in [-0.1, -0.05) is 153 Å². The fraction of sp³-hybridized carbons (Fsp3) is 0.0588. The Morgan fingerprint density at radius 3 is 1.51 bits per heavy atom. The van der Waals surface area contributed by atoms with E-state index in [9.17, 15) is 0 Å². The summed E-state index contributed by atoms with van der Waals surface area (Å²) >= 11 is 0. The fourth-order valence-electron chi connectivity index (χ4n) is 9.15. The van der Waals surface area contributed by atoms with Crippen molar-refractivity contribution < 1.29 is 4.42 Å². The van der Waals surface area contributed by atoms with Gasteiger partial charge in [0, 0.05) is 27.6 Å². The van der Waals surface area contributed by atoms with Crippen molar-refractivity contribution >= 4 is 39.0 Å². The molecule has 0 aliphatic heterocycles. The smallest absolute Gasteiger partial charge is 0.159 e. The maximum Gasteiger partial charge on any atom is 0.159 e. The van der Waals surface area contributed by atoms with E-state index in [4.69, 9.17) is 4.42 Å². The Bertz CT molecular complexity index is 2940. The Kier molecular flexibility index (Phi) is 6.33. The molecule has 0 saturated heterocycles. The second-order valence-electron chi connectivity index (χ2n) is 14.9. The Labute approximate surface area is 309 Å². The molecule has 0 atom stereocenters. The van der Waals surface area contributed by atoms with Crippen LogP contribution in [0.3, 0.4) is 0 Å². The van der Waals surface area contributed by atoms with Gasteiger partial charge < -0.3 is 9.32 Å². The van der Waals surface area contributed by atoms with Gasteiger partial charge >= 0.3 is 0 Å². The van der Waals surface area contributed by atoms with Crippen LogP contribution < -0.4 is 4.90 Å². The van der Waals surface area contributed by atoms with Crippen molar-refractivity contribution in [3.05, 3.63) is 187 Å². The summed E-state index contributed by atoms with van der Waals surface area (Å²) in [5.74, 6) is 0. The van der Waals surface area contributed by atoms with Crippen molar-refractivity contribution in [1.29, 1.82) is 0 Å². The summed E-state index contributed by atoms with van der Waals surface area (Å²) in [6.07, 6.45) is 0. The van der Waals surface area contributed by atoms with Crippen LogP contribution in [-0.4, -0.2) is 0 Å². The lowest BCUT2D eigenvalue weighted by Gasteiger charge is -2.30. The second-order valence-corrected chi connectivity index (χ2v) is 14.9. The Balaban J connectivity index is 1.20. The molecule has 8 aromatic carbocycles. The van der Waals surface area contributed by atoms with Crippen LogP contribution in [0.1, 0.15) is 25.0 Å². The highest BCUT2D eigenvalue weighted by atomic mass is 16.3. The van der Waals surface area contributed by atoms with E-state index in [0.29, 0.717) is 0 Å². The van der Waals surface area contributed by atoms with Gasteiger partial charge in [-0.3, -0.25) is 0 Å². The highest BCUT2D eigenvalue weighted by molar-refractivity contribution is 6.11. The largest absolute Gasteiger partial charge is 0.454 e. The molecule has 0 amide bonds. The van der Waals surface area contributed by atoms with Crippen LogP contribution in [0.4, 0.5) is 17.1 Å². The van der Waals surface area contributed by atoms with Crippen molar-refractivity contribution in [1.82, 2.24) is 0 Å². The van der Waals surface area contributed by atoms with Gasteiger partial charge in [-0.2, -0.15) is 0 Å². The summed E-state index contributed by atoms with van der Waals surface area (Å²) < 4.78 is 6.74. The van der Waals surface area contributed by atoms with Crippen molar-refractivity contribution in [2.75, 3.05) is 4.90 Å². The van der Waals surface area contributed by atoms with E-state index in [1.165, 1.54) is 66.8 Å². The summed E-state index contributed by atoms with van der Waals surface area (Å²) in [5.41, 5.74) is 20.0. The zero-order valence-corrected chi connectivity index (χ0v) is 29.6. The number of nitrogens with zero attached hydrogens (tertiary/aromatic N) is 1. The van der Waals surface area contributed by atoms with E-state index in [-0.39, 0.29) is 5.41 Å². The fourth-order valence-corrected chi connectivity index (χ4v) is 9.15. The zero-order chi connectivity index (χ0) is 35.3. The first kappa shape index (κ1) is 30.0. The van der Waals surface area contributed by atoms with Crippen LogP contribution in [-0.2, 0) is 5.41 Å². The third-order valence-corrected chi connectivity index (χ3v) is 11.7. The molecular weight excluding hydrogens is 643 g/mol. The third-order valence-electron chi connectivity index (χ3n) is 11.7. The molecule has 0 fully saturated rings. The van der Waals surface area contributed by atoms with Gasteiger partial charge in [0.05, 0.1) is 5.69 Å². The molecule has 2 aliphatic rings. The maximum absolute atomic E-state index is 6.74. The number of rotatable bonds is 3. The molecular formula is C51H35NO. The molecule has 0 N–H and O–H groups in total. The lowest BCUT2D eigenvalue weighted by atomic mass is 9.80. The highest BCUT2D eigenvalue weighted by Gasteiger charge is 2.36. The third kappa shape index (κ3) is 4.33. The molecule has 0 spiro atoms. The Morgan fingerprint density at radius 2 is 0.849 bits per heavy atom. The molecule has 2 nitrogen and oxygen atoms in total. The van der Waals surface area contributed by atoms with Crippen molar-refractivity contribution in [2.24, 2.45) is 0 Å². The average Bonchev–Trinajstić information content (AvgIpc) is 3.70. The minimum Gasteiger partial charge on any atom is -0.454 e. The molecule has 11 rings (SSSR count). The number of anilines is 3. The van der Waals surface area contributed by atoms with Crippen LogP contribution in [0.5, 0.6) is 0 Å². The normalized spacial score (nSPS) is 13.2. The molecule has 0 bridgehead atoms. The first-order valence-electron chi connectivity index (χ1n) is 18.4. The molecule has 0 saturated carbocycles. The SMILES string of the molecule is CC1(C)c2ccccc2-c2ccc(N(c3ccc4c(c3)-c3ccccc3-c3ccccc3-c3ccccc3-4)c3cccc4c3oc3ccccc34)cc21. The number of fused-ring (bicyclic) bond motifs is 14. The van der Waals surface area contributed by atoms with E-state index in [1.807, 2.05) is 6.07 Å². The summed E-state index contributed by atoms with van der Waals surface area (Å²) in [6.45, 7) is 4.70. The van der Waals surface area contributed by atoms with E-state index < -0.39 is 0 Å². The van der Waals surface area contributed by atoms with Gasteiger partial charge in [0.1, 0.15) is 5.58 Å². The van der Waals surface area contributed by atoms with Gasteiger partial charge in [0.15, 0.2) is 5.58 Å². The summed E-state index contributed by atoms with van der Waals surface area (Å²) in [6, 6.07) is 64.3. The van der Waals surface area contributed by atoms with Crippen LogP contribution in [0.25, 0.3) is 77.6 Å². The molecule has 2 aliphatic carbocycles. The number of benzene rings is 8. The molecule has 1 aromatic heterocycles. The Morgan fingerprint density at radius 1 is 0.377 bits per heavy atom. The first-order valence-corrected chi connectivity index (χ1v) is 18.4. The number of furan rings is 1. The van der Waals surface area contributed by atoms with Crippen molar-refractivity contribution in [3.63, 3.8) is 0 Å². The van der Waals surface area contributed by atoms with E-state index >= 15 is 0 Å². The van der Waals surface area contributed by atoms with Crippen LogP contribution in [0, 0.1) is 0 Å². The standard InChI is InChI=1S/C51H35NO/c1-51(2)46-23-11-9-20-41(46)42-29-27-33(31-47(42)51)52(48-24-13-22-44-43-21-10-12-25-49(43)53-50(44)48)32-26-28-40-38-18-6-5-16-36(38)34-14-3-4-15-35(34)37-17-7-8-19-39(37)45(40)30-32/h3-31H,1-2H3. The molecule has 53 heavy (non-hydrogen) atoms. The number of para-hydroxylation sites is 2. The van der Waals surface area contributed by atoms with E-state index in [1.54, 1.807) is 0 Å². The molecule has 9 aromatic rings. The number of hydrogen-bond acceptors (Lipinski definition) is 2. The minimum atomic E-state index is -0.138. The first-order chi connectivity index (χ1) is 26.1. The van der Waals surface area contributed by atoms with Gasteiger partial charge in [-0.05, 0) is 103 Å². The monoisotopic (exact) mass is 677 g/mol. The molecule has 0 radical (unpaired) electrons. The van der Waals surface area contributed by atoms with E-state index in [2.05, 4.69) is 189 Å². The van der Waals surface area contributed by atoms with Crippen molar-refractivity contribution in [3.8, 4) is 55.6 Å². The molecule has 250 valence electrons. The second kappa shape index (κ2) is 11.2. The van der Waals surface area contributed by atoms with Gasteiger partial charge in [0.25, 0.3) is 0 Å². The zero-order valence-electron chi connectivity index (χ0n) is 29.6. The lowest BCUT2D eigenvalue weighted by molar-refractivity contribution is 0.660. The van der Waals surface area contributed by atoms with Crippen molar-refractivity contribution in [2.45, 2.75) is 19.3 Å². The maximum atomic E-state index is 6.74. The highest BCUT2D eigenvalue weighted by Crippen LogP contribution is 2.53. The lowest BCUT2D eigenvalue weighted by Crippen LogP contribution is -2.16. The van der Waals surface area contributed by atoms with Gasteiger partial charge in [-0.25, -0.2) is 0 Å². The predicted octanol–water partition coefficient (Wildman–Crippen LogP) is 14.3. The molecule has 2 heteroatoms. The van der Waals surface area contributed by atoms with Crippen LogP contribution in [0.15, 0.2) is 180 Å². The van der Waals surface area contributed by atoms with Gasteiger partial charge in [-0.15, -0.1) is 0 Å². The minimum absolute atomic E-state index is 0.138. The predicted molar refractivity (Wildman–Crippen MR) is 221 cm³/mol. The molecule has 1 heterocycles. The average molecular weight is 678 g/mol. The van der Waals surface area contributed by atoms with Crippen LogP contribution in [0.2, 0.25) is 0 Å². The van der Waals surface area contributed by atoms with Gasteiger partial charge in [0.2, 0.25) is 0 Å². The van der Waals surface area contributed by atoms with Crippen LogP contribution >= 0.6 is 0 Å². The topological polar surface area (TPSA) is 16.4 Å². The summed E-state index contributed by atoms with van der Waals surface area (Å²) in [4.78, 5) is 2.41. The Hall–Kier alpha value is -6.64.